The van der Waals surface area contributed by atoms with E-state index < -0.39 is 0 Å². The first-order chi connectivity index (χ1) is 17.2. The monoisotopic (exact) mass is 517 g/mol. The lowest BCUT2D eigenvalue weighted by atomic mass is 10.0. The van der Waals surface area contributed by atoms with Crippen LogP contribution in [0.2, 0.25) is 5.02 Å². The van der Waals surface area contributed by atoms with Crippen molar-refractivity contribution in [3.8, 4) is 5.75 Å². The highest BCUT2D eigenvalue weighted by molar-refractivity contribution is 8.01. The minimum Gasteiger partial charge on any atom is -0.488 e. The summed E-state index contributed by atoms with van der Waals surface area (Å²) in [7, 11) is 0. The SMILES string of the molecule is O=C(CSc1nc2ccccc2s1)N/N=C/c1c(OCc2ccccc2Cl)ccc2ccccc12. The van der Waals surface area contributed by atoms with Crippen LogP contribution in [0.5, 0.6) is 5.75 Å². The zero-order valence-electron chi connectivity index (χ0n) is 18.5. The molecule has 0 spiro atoms. The predicted octanol–water partition coefficient (Wildman–Crippen LogP) is 6.92. The second kappa shape index (κ2) is 10.9. The number of carbonyl (C=O) groups is 1. The van der Waals surface area contributed by atoms with Crippen LogP contribution in [0.1, 0.15) is 11.1 Å². The zero-order valence-corrected chi connectivity index (χ0v) is 20.9. The normalized spacial score (nSPS) is 11.3. The predicted molar refractivity (Wildman–Crippen MR) is 146 cm³/mol. The highest BCUT2D eigenvalue weighted by atomic mass is 35.5. The van der Waals surface area contributed by atoms with Gasteiger partial charge in [-0.25, -0.2) is 10.4 Å². The van der Waals surface area contributed by atoms with E-state index in [4.69, 9.17) is 16.3 Å². The minimum atomic E-state index is -0.204. The van der Waals surface area contributed by atoms with Crippen LogP contribution >= 0.6 is 34.7 Å². The molecule has 1 N–H and O–H groups in total. The van der Waals surface area contributed by atoms with E-state index in [9.17, 15) is 4.79 Å². The van der Waals surface area contributed by atoms with Crippen molar-refractivity contribution in [2.24, 2.45) is 5.10 Å². The molecule has 5 nitrogen and oxygen atoms in total. The standard InChI is InChI=1S/C27H20ClN3O2S2/c28-22-10-4-2-8-19(22)16-33-24-14-13-18-7-1-3-9-20(18)21(24)15-29-31-26(32)17-34-27-30-23-11-5-6-12-25(23)35-27/h1-15H,16-17H2,(H,31,32)/b29-15+. The van der Waals surface area contributed by atoms with E-state index in [0.717, 1.165) is 36.5 Å². The fourth-order valence-corrected chi connectivity index (χ4v) is 5.60. The molecular weight excluding hydrogens is 498 g/mol. The molecule has 0 unspecified atom stereocenters. The number of thiazole rings is 1. The molecule has 1 amide bonds. The second-order valence-electron chi connectivity index (χ2n) is 7.61. The number of hydrogen-bond acceptors (Lipinski definition) is 6. The quantitative estimate of drug-likeness (QED) is 0.138. The first-order valence-corrected chi connectivity index (χ1v) is 13.0. The van der Waals surface area contributed by atoms with Crippen LogP contribution in [0.15, 0.2) is 94.4 Å². The van der Waals surface area contributed by atoms with Gasteiger partial charge in [-0.1, -0.05) is 84.0 Å². The summed E-state index contributed by atoms with van der Waals surface area (Å²) in [6, 6.07) is 27.4. The van der Waals surface area contributed by atoms with Crippen LogP contribution in [-0.4, -0.2) is 22.9 Å². The lowest BCUT2D eigenvalue weighted by Crippen LogP contribution is -2.19. The number of aromatic nitrogens is 1. The maximum atomic E-state index is 12.4. The minimum absolute atomic E-state index is 0.204. The highest BCUT2D eigenvalue weighted by Crippen LogP contribution is 2.30. The Balaban J connectivity index is 1.28. The molecule has 0 radical (unpaired) electrons. The molecule has 4 aromatic carbocycles. The third kappa shape index (κ3) is 5.65. The third-order valence-corrected chi connectivity index (χ3v) is 7.80. The molecular formula is C27H20ClN3O2S2. The molecule has 0 aliphatic rings. The molecule has 0 atom stereocenters. The largest absolute Gasteiger partial charge is 0.488 e. The van der Waals surface area contributed by atoms with Gasteiger partial charge in [0.2, 0.25) is 0 Å². The fourth-order valence-electron chi connectivity index (χ4n) is 3.55. The number of thioether (sulfide) groups is 1. The number of amides is 1. The van der Waals surface area contributed by atoms with Gasteiger partial charge < -0.3 is 4.74 Å². The van der Waals surface area contributed by atoms with E-state index in [1.54, 1.807) is 17.6 Å². The van der Waals surface area contributed by atoms with E-state index in [1.165, 1.54) is 11.8 Å². The number of benzene rings is 4. The van der Waals surface area contributed by atoms with Gasteiger partial charge in [0.15, 0.2) is 4.34 Å². The Hall–Kier alpha value is -3.39. The van der Waals surface area contributed by atoms with Gasteiger partial charge in [0.25, 0.3) is 5.91 Å². The van der Waals surface area contributed by atoms with E-state index >= 15 is 0 Å². The molecule has 1 heterocycles. The molecule has 5 aromatic rings. The summed E-state index contributed by atoms with van der Waals surface area (Å²) in [4.78, 5) is 17.0. The number of ether oxygens (including phenoxy) is 1. The van der Waals surface area contributed by atoms with Crippen LogP contribution in [-0.2, 0) is 11.4 Å². The lowest BCUT2D eigenvalue weighted by molar-refractivity contribution is -0.118. The fraction of sp³-hybridized carbons (Fsp3) is 0.0741. The summed E-state index contributed by atoms with van der Waals surface area (Å²) < 4.78 is 8.07. The number of nitrogens with zero attached hydrogens (tertiary/aromatic N) is 2. The molecule has 174 valence electrons. The van der Waals surface area contributed by atoms with Crippen LogP contribution in [0.25, 0.3) is 21.0 Å². The average Bonchev–Trinajstić information content (AvgIpc) is 3.31. The maximum Gasteiger partial charge on any atom is 0.250 e. The van der Waals surface area contributed by atoms with E-state index in [-0.39, 0.29) is 11.7 Å². The van der Waals surface area contributed by atoms with Crippen LogP contribution in [0.4, 0.5) is 0 Å². The van der Waals surface area contributed by atoms with Gasteiger partial charge in [0.05, 0.1) is 22.2 Å². The van der Waals surface area contributed by atoms with Crippen molar-refractivity contribution in [3.05, 3.63) is 101 Å². The number of carbonyl (C=O) groups excluding carboxylic acids is 1. The van der Waals surface area contributed by atoms with Crippen molar-refractivity contribution < 1.29 is 9.53 Å². The number of nitrogens with one attached hydrogen (secondary N) is 1. The summed E-state index contributed by atoms with van der Waals surface area (Å²) in [5, 5.41) is 6.90. The lowest BCUT2D eigenvalue weighted by Gasteiger charge is -2.12. The number of halogens is 1. The summed E-state index contributed by atoms with van der Waals surface area (Å²) in [6.45, 7) is 0.323. The number of hydrogen-bond donors (Lipinski definition) is 1. The van der Waals surface area contributed by atoms with Gasteiger partial charge in [0.1, 0.15) is 12.4 Å². The molecule has 5 rings (SSSR count). The average molecular weight is 518 g/mol. The van der Waals surface area contributed by atoms with Gasteiger partial charge in [-0.3, -0.25) is 4.79 Å². The topological polar surface area (TPSA) is 63.6 Å². The summed E-state index contributed by atoms with van der Waals surface area (Å²) in [5.41, 5.74) is 5.24. The molecule has 8 heteroatoms. The number of fused-ring (bicyclic) bond motifs is 2. The van der Waals surface area contributed by atoms with E-state index in [0.29, 0.717) is 17.4 Å². The third-order valence-electron chi connectivity index (χ3n) is 5.26. The van der Waals surface area contributed by atoms with Gasteiger partial charge >= 0.3 is 0 Å². The Morgan fingerprint density at radius 1 is 1.03 bits per heavy atom. The molecule has 0 fully saturated rings. The second-order valence-corrected chi connectivity index (χ2v) is 10.3. The van der Waals surface area contributed by atoms with Gasteiger partial charge in [0, 0.05) is 16.1 Å². The Kier molecular flexibility index (Phi) is 7.28. The number of hydrazone groups is 1. The van der Waals surface area contributed by atoms with Crippen LogP contribution in [0.3, 0.4) is 0 Å². The first-order valence-electron chi connectivity index (χ1n) is 10.9. The molecule has 0 saturated heterocycles. The van der Waals surface area contributed by atoms with Crippen LogP contribution in [0, 0.1) is 0 Å². The smallest absolute Gasteiger partial charge is 0.250 e. The zero-order chi connectivity index (χ0) is 24.0. The molecule has 0 aliphatic carbocycles. The Morgan fingerprint density at radius 3 is 2.71 bits per heavy atom. The molecule has 35 heavy (non-hydrogen) atoms. The Labute approximate surface area is 215 Å². The Morgan fingerprint density at radius 2 is 1.83 bits per heavy atom. The molecule has 0 saturated carbocycles. The van der Waals surface area contributed by atoms with Gasteiger partial charge in [-0.05, 0) is 35.0 Å². The van der Waals surface area contributed by atoms with Gasteiger partial charge in [-0.15, -0.1) is 11.3 Å². The van der Waals surface area contributed by atoms with Crippen LogP contribution < -0.4 is 10.2 Å². The first kappa shape index (κ1) is 23.4. The van der Waals surface area contributed by atoms with Crippen molar-refractivity contribution in [3.63, 3.8) is 0 Å². The highest BCUT2D eigenvalue weighted by Gasteiger charge is 2.10. The molecule has 0 bridgehead atoms. The maximum absolute atomic E-state index is 12.4. The Bertz CT molecular complexity index is 1500. The van der Waals surface area contributed by atoms with E-state index in [1.807, 2.05) is 84.9 Å². The number of para-hydroxylation sites is 1. The van der Waals surface area contributed by atoms with Gasteiger partial charge in [-0.2, -0.15) is 5.10 Å². The number of rotatable bonds is 8. The molecule has 1 aromatic heterocycles. The van der Waals surface area contributed by atoms with Crippen molar-refractivity contribution in [2.45, 2.75) is 10.9 Å². The summed E-state index contributed by atoms with van der Waals surface area (Å²) in [6.07, 6.45) is 1.63. The van der Waals surface area contributed by atoms with Crippen molar-refractivity contribution in [1.29, 1.82) is 0 Å². The van der Waals surface area contributed by atoms with Crippen molar-refractivity contribution in [2.75, 3.05) is 5.75 Å². The molecule has 0 aliphatic heterocycles. The summed E-state index contributed by atoms with van der Waals surface area (Å²) >= 11 is 9.25. The van der Waals surface area contributed by atoms with Crippen molar-refractivity contribution in [1.82, 2.24) is 10.4 Å². The van der Waals surface area contributed by atoms with Crippen molar-refractivity contribution >= 4 is 67.8 Å². The summed E-state index contributed by atoms with van der Waals surface area (Å²) in [5.74, 6) is 0.678. The van der Waals surface area contributed by atoms with E-state index in [2.05, 4.69) is 15.5 Å².